The monoisotopic (exact) mass is 326 g/mol. The fourth-order valence-electron chi connectivity index (χ4n) is 2.98. The van der Waals surface area contributed by atoms with E-state index >= 15 is 0 Å². The van der Waals surface area contributed by atoms with E-state index in [1.165, 1.54) is 11.3 Å². The molecule has 2 heterocycles. The predicted molar refractivity (Wildman–Crippen MR) is 96.1 cm³/mol. The van der Waals surface area contributed by atoms with Crippen molar-refractivity contribution in [2.24, 2.45) is 5.41 Å². The molecule has 0 fully saturated rings. The van der Waals surface area contributed by atoms with Crippen LogP contribution in [0.25, 0.3) is 11.5 Å². The van der Waals surface area contributed by atoms with Crippen molar-refractivity contribution in [1.29, 1.82) is 0 Å². The van der Waals surface area contributed by atoms with Crippen molar-refractivity contribution >= 4 is 5.82 Å². The Morgan fingerprint density at radius 3 is 2.83 bits per heavy atom. The number of aromatic nitrogens is 3. The van der Waals surface area contributed by atoms with Gasteiger partial charge in [-0.05, 0) is 43.2 Å². The van der Waals surface area contributed by atoms with Gasteiger partial charge < -0.3 is 10.1 Å². The van der Waals surface area contributed by atoms with Gasteiger partial charge in [-0.1, -0.05) is 19.9 Å². The summed E-state index contributed by atoms with van der Waals surface area (Å²) >= 11 is 0. The van der Waals surface area contributed by atoms with Gasteiger partial charge >= 0.3 is 0 Å². The highest BCUT2D eigenvalue weighted by atomic mass is 16.5. The van der Waals surface area contributed by atoms with Crippen LogP contribution in [-0.4, -0.2) is 35.2 Å². The summed E-state index contributed by atoms with van der Waals surface area (Å²) in [5.74, 6) is 1.69. The molecule has 0 spiro atoms. The average Bonchev–Trinajstić information content (AvgIpc) is 3.07. The van der Waals surface area contributed by atoms with Gasteiger partial charge in [-0.2, -0.15) is 0 Å². The zero-order chi connectivity index (χ0) is 17.0. The van der Waals surface area contributed by atoms with E-state index in [0.717, 1.165) is 50.3 Å². The number of nitrogens with one attached hydrogen (secondary N) is 1. The van der Waals surface area contributed by atoms with Crippen LogP contribution < -0.4 is 5.32 Å². The lowest BCUT2D eigenvalue weighted by atomic mass is 9.89. The van der Waals surface area contributed by atoms with E-state index in [0.29, 0.717) is 5.82 Å². The molecule has 5 nitrogen and oxygen atoms in total. The lowest BCUT2D eigenvalue weighted by Crippen LogP contribution is -2.25. The molecule has 0 bridgehead atoms. The lowest BCUT2D eigenvalue weighted by molar-refractivity contribution is 0.157. The maximum atomic E-state index is 5.22. The number of pyridine rings is 1. The molecule has 128 valence electrons. The summed E-state index contributed by atoms with van der Waals surface area (Å²) in [4.78, 5) is 13.9. The first-order valence-corrected chi connectivity index (χ1v) is 8.63. The Bertz CT molecular complexity index is 685. The Labute approximate surface area is 143 Å². The van der Waals surface area contributed by atoms with E-state index in [4.69, 9.17) is 14.7 Å². The maximum absolute atomic E-state index is 5.22. The van der Waals surface area contributed by atoms with Crippen LogP contribution in [0.1, 0.15) is 37.9 Å². The first-order valence-electron chi connectivity index (χ1n) is 8.63. The molecule has 0 atom stereocenters. The first kappa shape index (κ1) is 16.8. The summed E-state index contributed by atoms with van der Waals surface area (Å²) in [7, 11) is 1.75. The number of anilines is 1. The summed E-state index contributed by atoms with van der Waals surface area (Å²) in [5.41, 5.74) is 3.42. The first-order chi connectivity index (χ1) is 11.6. The summed E-state index contributed by atoms with van der Waals surface area (Å²) in [6.45, 7) is 6.14. The van der Waals surface area contributed by atoms with Crippen LogP contribution in [0.5, 0.6) is 0 Å². The number of fused-ring (bicyclic) bond motifs is 1. The third-order valence-electron chi connectivity index (χ3n) is 4.54. The molecule has 0 amide bonds. The Morgan fingerprint density at radius 1 is 1.21 bits per heavy atom. The SMILES string of the molecule is COCCC(C)(C)CNc1nc(-c2ccccn2)nc2c1CCC2. The van der Waals surface area contributed by atoms with E-state index in [1.807, 2.05) is 18.2 Å². The summed E-state index contributed by atoms with van der Waals surface area (Å²) in [6.07, 6.45) is 6.03. The minimum Gasteiger partial charge on any atom is -0.385 e. The third-order valence-corrected chi connectivity index (χ3v) is 4.54. The maximum Gasteiger partial charge on any atom is 0.180 e. The van der Waals surface area contributed by atoms with Crippen molar-refractivity contribution < 1.29 is 4.74 Å². The Morgan fingerprint density at radius 2 is 2.08 bits per heavy atom. The van der Waals surface area contributed by atoms with E-state index < -0.39 is 0 Å². The lowest BCUT2D eigenvalue weighted by Gasteiger charge is -2.25. The molecule has 1 aliphatic rings. The molecule has 0 aliphatic heterocycles. The van der Waals surface area contributed by atoms with Crippen molar-refractivity contribution in [1.82, 2.24) is 15.0 Å². The number of nitrogens with zero attached hydrogens (tertiary/aromatic N) is 3. The van der Waals surface area contributed by atoms with Gasteiger partial charge in [-0.25, -0.2) is 9.97 Å². The second-order valence-corrected chi connectivity index (χ2v) is 7.15. The fraction of sp³-hybridized carbons (Fsp3) is 0.526. The third kappa shape index (κ3) is 3.90. The van der Waals surface area contributed by atoms with Crippen molar-refractivity contribution in [3.8, 4) is 11.5 Å². The zero-order valence-corrected chi connectivity index (χ0v) is 14.8. The normalized spacial score (nSPS) is 13.8. The standard InChI is InChI=1S/C19H26N4O/c1-19(2,10-12-24-3)13-21-17-14-7-6-9-15(14)22-18(23-17)16-8-4-5-11-20-16/h4-5,8,11H,6-7,9-10,12-13H2,1-3H3,(H,21,22,23). The summed E-state index contributed by atoms with van der Waals surface area (Å²) in [6, 6.07) is 5.84. The van der Waals surface area contributed by atoms with Crippen molar-refractivity contribution in [2.75, 3.05) is 25.6 Å². The van der Waals surface area contributed by atoms with Crippen LogP contribution in [0.4, 0.5) is 5.82 Å². The predicted octanol–water partition coefficient (Wildman–Crippen LogP) is 3.50. The van der Waals surface area contributed by atoms with E-state index in [-0.39, 0.29) is 5.41 Å². The molecule has 24 heavy (non-hydrogen) atoms. The van der Waals surface area contributed by atoms with Gasteiger partial charge in [-0.15, -0.1) is 0 Å². The topological polar surface area (TPSA) is 59.9 Å². The fourth-order valence-corrected chi connectivity index (χ4v) is 2.98. The minimum absolute atomic E-state index is 0.150. The molecule has 2 aromatic rings. The molecule has 0 aromatic carbocycles. The number of aryl methyl sites for hydroxylation is 1. The number of rotatable bonds is 7. The molecule has 0 saturated carbocycles. The Hall–Kier alpha value is -2.01. The van der Waals surface area contributed by atoms with Gasteiger partial charge in [0, 0.05) is 37.7 Å². The van der Waals surface area contributed by atoms with Gasteiger partial charge in [0.2, 0.25) is 0 Å². The van der Waals surface area contributed by atoms with Crippen LogP contribution in [0.3, 0.4) is 0 Å². The van der Waals surface area contributed by atoms with Crippen molar-refractivity contribution in [3.63, 3.8) is 0 Å². The molecule has 2 aromatic heterocycles. The second-order valence-electron chi connectivity index (χ2n) is 7.15. The van der Waals surface area contributed by atoms with Crippen molar-refractivity contribution in [2.45, 2.75) is 39.5 Å². The molecule has 1 N–H and O–H groups in total. The highest BCUT2D eigenvalue weighted by molar-refractivity contribution is 5.57. The van der Waals surface area contributed by atoms with Gasteiger partial charge in [0.05, 0.1) is 0 Å². The highest BCUT2D eigenvalue weighted by Crippen LogP contribution is 2.30. The molecule has 0 unspecified atom stereocenters. The summed E-state index contributed by atoms with van der Waals surface area (Å²) < 4.78 is 5.22. The number of hydrogen-bond acceptors (Lipinski definition) is 5. The number of hydrogen-bond donors (Lipinski definition) is 1. The largest absolute Gasteiger partial charge is 0.385 e. The van der Waals surface area contributed by atoms with Gasteiger partial charge in [0.25, 0.3) is 0 Å². The molecule has 5 heteroatoms. The van der Waals surface area contributed by atoms with Crippen LogP contribution >= 0.6 is 0 Å². The highest BCUT2D eigenvalue weighted by Gasteiger charge is 2.23. The average molecular weight is 326 g/mol. The van der Waals surface area contributed by atoms with Crippen LogP contribution in [-0.2, 0) is 17.6 Å². The van der Waals surface area contributed by atoms with Crippen LogP contribution in [0.15, 0.2) is 24.4 Å². The molecular weight excluding hydrogens is 300 g/mol. The molecule has 0 saturated heterocycles. The van der Waals surface area contributed by atoms with Crippen LogP contribution in [0, 0.1) is 5.41 Å². The molecule has 3 rings (SSSR count). The number of methoxy groups -OCH3 is 1. The zero-order valence-electron chi connectivity index (χ0n) is 14.8. The van der Waals surface area contributed by atoms with Crippen molar-refractivity contribution in [3.05, 3.63) is 35.7 Å². The number of ether oxygens (including phenoxy) is 1. The van der Waals surface area contributed by atoms with E-state index in [2.05, 4.69) is 24.1 Å². The molecule has 1 aliphatic carbocycles. The van der Waals surface area contributed by atoms with Crippen LogP contribution in [0.2, 0.25) is 0 Å². The quantitative estimate of drug-likeness (QED) is 0.844. The smallest absolute Gasteiger partial charge is 0.180 e. The molecule has 0 radical (unpaired) electrons. The Balaban J connectivity index is 1.83. The molecular formula is C19H26N4O. The van der Waals surface area contributed by atoms with E-state index in [9.17, 15) is 0 Å². The summed E-state index contributed by atoms with van der Waals surface area (Å²) in [5, 5.41) is 3.57. The van der Waals surface area contributed by atoms with Gasteiger partial charge in [0.15, 0.2) is 5.82 Å². The Kier molecular flexibility index (Phi) is 5.09. The second kappa shape index (κ2) is 7.26. The van der Waals surface area contributed by atoms with Gasteiger partial charge in [-0.3, -0.25) is 4.98 Å². The minimum atomic E-state index is 0.150. The van der Waals surface area contributed by atoms with E-state index in [1.54, 1.807) is 13.3 Å². The van der Waals surface area contributed by atoms with Gasteiger partial charge in [0.1, 0.15) is 11.5 Å².